The largest absolute Gasteiger partial charge is 0.462 e. The molecular weight excluding hydrogens is 673 g/mol. The molecular formula is C44H74O7S. The molecule has 8 heteroatoms. The van der Waals surface area contributed by atoms with E-state index in [4.69, 9.17) is 9.47 Å². The Bertz CT molecular complexity index is 1180. The van der Waals surface area contributed by atoms with Crippen LogP contribution >= 0.6 is 0 Å². The first-order valence-electron chi connectivity index (χ1n) is 21.0. The zero-order valence-corrected chi connectivity index (χ0v) is 33.5. The zero-order chi connectivity index (χ0) is 38.0. The maximum absolute atomic E-state index is 12.9. The Morgan fingerprint density at radius 2 is 0.769 bits per heavy atom. The van der Waals surface area contributed by atoms with E-state index < -0.39 is 27.0 Å². The second-order valence-electron chi connectivity index (χ2n) is 14.5. The van der Waals surface area contributed by atoms with Gasteiger partial charge in [-0.15, -0.1) is 13.2 Å². The number of ether oxygens (including phenoxy) is 2. The van der Waals surface area contributed by atoms with Crippen LogP contribution in [-0.4, -0.2) is 38.1 Å². The van der Waals surface area contributed by atoms with Gasteiger partial charge >= 0.3 is 11.9 Å². The quantitative estimate of drug-likeness (QED) is 0.0312. The van der Waals surface area contributed by atoms with E-state index in [2.05, 4.69) is 13.2 Å². The monoisotopic (exact) mass is 747 g/mol. The Morgan fingerprint density at radius 1 is 0.481 bits per heavy atom. The Balaban J connectivity index is 2.22. The highest BCUT2D eigenvalue weighted by Crippen LogP contribution is 2.20. The van der Waals surface area contributed by atoms with Crippen molar-refractivity contribution < 1.29 is 32.0 Å². The summed E-state index contributed by atoms with van der Waals surface area (Å²) in [5, 5.41) is 0. The highest BCUT2D eigenvalue weighted by molar-refractivity contribution is 7.85. The lowest BCUT2D eigenvalue weighted by molar-refractivity contribution is 0.0450. The standard InChI is InChI=1S/C44H74O7S/c1-3-5-7-9-11-13-15-17-19-21-23-25-27-29-31-33-37-50-43(45)41-36-35-40(52(47,48)49)39-42(41)44(46)51-38-34-32-30-28-26-24-22-20-18-16-14-12-10-8-6-4-2/h3-4,35-36,39H,1-2,5-34,37-38H2,(H,47,48,49). The fourth-order valence-corrected chi connectivity index (χ4v) is 7.05. The highest BCUT2D eigenvalue weighted by atomic mass is 32.2. The van der Waals surface area contributed by atoms with Crippen LogP contribution in [-0.2, 0) is 19.6 Å². The van der Waals surface area contributed by atoms with E-state index in [1.165, 1.54) is 141 Å². The van der Waals surface area contributed by atoms with Crippen molar-refractivity contribution in [2.75, 3.05) is 13.2 Å². The van der Waals surface area contributed by atoms with Gasteiger partial charge in [-0.1, -0.05) is 166 Å². The van der Waals surface area contributed by atoms with Gasteiger partial charge in [0.15, 0.2) is 0 Å². The molecule has 0 atom stereocenters. The lowest BCUT2D eigenvalue weighted by atomic mass is 10.0. The second-order valence-corrected chi connectivity index (χ2v) is 15.9. The zero-order valence-electron chi connectivity index (χ0n) is 32.7. The van der Waals surface area contributed by atoms with Gasteiger partial charge in [-0.05, 0) is 56.7 Å². The molecule has 0 heterocycles. The normalized spacial score (nSPS) is 11.4. The van der Waals surface area contributed by atoms with Crippen LogP contribution in [0.25, 0.3) is 0 Å². The number of esters is 2. The van der Waals surface area contributed by atoms with Crippen molar-refractivity contribution in [1.82, 2.24) is 0 Å². The molecule has 0 aliphatic rings. The molecule has 0 spiro atoms. The second kappa shape index (κ2) is 33.1. The van der Waals surface area contributed by atoms with Gasteiger partial charge in [-0.3, -0.25) is 4.55 Å². The van der Waals surface area contributed by atoms with Gasteiger partial charge in [0.1, 0.15) is 0 Å². The number of rotatable bonds is 37. The summed E-state index contributed by atoms with van der Waals surface area (Å²) >= 11 is 0. The molecule has 0 aliphatic carbocycles. The summed E-state index contributed by atoms with van der Waals surface area (Å²) in [7, 11) is -4.56. The Morgan fingerprint density at radius 3 is 1.08 bits per heavy atom. The minimum atomic E-state index is -4.56. The van der Waals surface area contributed by atoms with E-state index in [0.29, 0.717) is 6.42 Å². The van der Waals surface area contributed by atoms with Crippen molar-refractivity contribution in [1.29, 1.82) is 0 Å². The predicted molar refractivity (Wildman–Crippen MR) is 216 cm³/mol. The SMILES string of the molecule is C=CCCCCCCCCCCCCCCCCOC(=O)c1ccc(S(=O)(=O)O)cc1C(=O)OCCCCCCCCCCCCCCCCC=C. The van der Waals surface area contributed by atoms with Crippen molar-refractivity contribution in [3.05, 3.63) is 54.6 Å². The van der Waals surface area contributed by atoms with Gasteiger partial charge in [0.05, 0.1) is 29.2 Å². The van der Waals surface area contributed by atoms with Crippen LogP contribution in [0.2, 0.25) is 0 Å². The first kappa shape index (κ1) is 47.6. The first-order valence-corrected chi connectivity index (χ1v) is 22.4. The molecule has 1 N–H and O–H groups in total. The summed E-state index contributed by atoms with van der Waals surface area (Å²) in [4.78, 5) is 25.3. The summed E-state index contributed by atoms with van der Waals surface area (Å²) in [5.74, 6) is -1.50. The number of hydrogen-bond acceptors (Lipinski definition) is 6. The third kappa shape index (κ3) is 26.3. The van der Waals surface area contributed by atoms with Crippen molar-refractivity contribution in [3.8, 4) is 0 Å². The molecule has 1 aromatic rings. The van der Waals surface area contributed by atoms with Crippen LogP contribution in [0.3, 0.4) is 0 Å². The maximum atomic E-state index is 12.9. The molecule has 7 nitrogen and oxygen atoms in total. The van der Waals surface area contributed by atoms with Crippen LogP contribution in [0.1, 0.15) is 213 Å². The van der Waals surface area contributed by atoms with Gasteiger partial charge < -0.3 is 9.47 Å². The molecule has 1 aromatic carbocycles. The number of allylic oxidation sites excluding steroid dienone is 2. The molecule has 0 aliphatic heterocycles. The van der Waals surface area contributed by atoms with Crippen molar-refractivity contribution >= 4 is 22.1 Å². The van der Waals surface area contributed by atoms with Crippen molar-refractivity contribution in [2.45, 2.75) is 198 Å². The average Bonchev–Trinajstić information content (AvgIpc) is 3.13. The molecule has 0 aromatic heterocycles. The van der Waals surface area contributed by atoms with Gasteiger partial charge in [0.25, 0.3) is 10.1 Å². The van der Waals surface area contributed by atoms with E-state index in [9.17, 15) is 22.6 Å². The number of carbonyl (C=O) groups excluding carboxylic acids is 2. The molecule has 0 amide bonds. The predicted octanol–water partition coefficient (Wildman–Crippen LogP) is 13.3. The molecule has 0 bridgehead atoms. The summed E-state index contributed by atoms with van der Waals surface area (Å²) < 4.78 is 43.9. The molecule has 0 saturated carbocycles. The summed E-state index contributed by atoms with van der Waals surface area (Å²) in [6.07, 6.45) is 40.2. The van der Waals surface area contributed by atoms with Gasteiger partial charge in [0.2, 0.25) is 0 Å². The molecule has 298 valence electrons. The van der Waals surface area contributed by atoms with E-state index >= 15 is 0 Å². The molecule has 1 rings (SSSR count). The van der Waals surface area contributed by atoms with Crippen LogP contribution < -0.4 is 0 Å². The van der Waals surface area contributed by atoms with Gasteiger partial charge in [0, 0.05) is 0 Å². The third-order valence-corrected chi connectivity index (χ3v) is 10.6. The molecule has 0 unspecified atom stereocenters. The first-order chi connectivity index (χ1) is 25.3. The van der Waals surface area contributed by atoms with Crippen LogP contribution in [0.4, 0.5) is 0 Å². The number of unbranched alkanes of at least 4 members (excludes halogenated alkanes) is 28. The van der Waals surface area contributed by atoms with E-state index in [-0.39, 0.29) is 24.3 Å². The molecule has 0 saturated heterocycles. The fourth-order valence-electron chi connectivity index (χ4n) is 6.54. The summed E-state index contributed by atoms with van der Waals surface area (Å²) in [6.45, 7) is 7.94. The third-order valence-electron chi connectivity index (χ3n) is 9.80. The Hall–Kier alpha value is -2.45. The highest BCUT2D eigenvalue weighted by Gasteiger charge is 2.23. The van der Waals surface area contributed by atoms with E-state index in [0.717, 1.165) is 63.5 Å². The van der Waals surface area contributed by atoms with Crippen LogP contribution in [0.15, 0.2) is 48.4 Å². The molecule has 0 fully saturated rings. The number of benzene rings is 1. The van der Waals surface area contributed by atoms with Gasteiger partial charge in [-0.2, -0.15) is 8.42 Å². The average molecular weight is 747 g/mol. The van der Waals surface area contributed by atoms with E-state index in [1.807, 2.05) is 12.2 Å². The Labute approximate surface area is 318 Å². The molecule has 52 heavy (non-hydrogen) atoms. The topological polar surface area (TPSA) is 107 Å². The summed E-state index contributed by atoms with van der Waals surface area (Å²) in [5.41, 5.74) is -0.273. The Kier molecular flexibility index (Phi) is 30.3. The minimum Gasteiger partial charge on any atom is -0.462 e. The lowest BCUT2D eigenvalue weighted by Gasteiger charge is -2.11. The smallest absolute Gasteiger partial charge is 0.339 e. The maximum Gasteiger partial charge on any atom is 0.339 e. The van der Waals surface area contributed by atoms with Crippen molar-refractivity contribution in [2.24, 2.45) is 0 Å². The number of hydrogen-bond donors (Lipinski definition) is 1. The van der Waals surface area contributed by atoms with E-state index in [1.54, 1.807) is 0 Å². The number of carbonyl (C=O) groups is 2. The fraction of sp³-hybridized carbons (Fsp3) is 0.727. The van der Waals surface area contributed by atoms with Crippen LogP contribution in [0, 0.1) is 0 Å². The lowest BCUT2D eigenvalue weighted by Crippen LogP contribution is -2.16. The van der Waals surface area contributed by atoms with Crippen LogP contribution in [0.5, 0.6) is 0 Å². The van der Waals surface area contributed by atoms with Crippen molar-refractivity contribution in [3.63, 3.8) is 0 Å². The summed E-state index contributed by atoms with van der Waals surface area (Å²) in [6, 6.07) is 3.30. The molecule has 0 radical (unpaired) electrons. The van der Waals surface area contributed by atoms with Gasteiger partial charge in [-0.25, -0.2) is 9.59 Å². The minimum absolute atomic E-state index is 0.0615.